The molecule has 2 aliphatic rings. The highest BCUT2D eigenvalue weighted by Gasteiger charge is 2.21. The van der Waals surface area contributed by atoms with Gasteiger partial charge in [-0.3, -0.25) is 9.89 Å². The minimum absolute atomic E-state index is 0. The number of halogens is 1. The van der Waals surface area contributed by atoms with E-state index in [1.54, 1.807) is 0 Å². The maximum absolute atomic E-state index is 4.29. The maximum Gasteiger partial charge on any atom is 0.190 e. The van der Waals surface area contributed by atoms with E-state index in [2.05, 4.69) is 55.8 Å². The molecule has 2 N–H and O–H groups in total. The number of piperazine rings is 1. The Morgan fingerprint density at radius 2 is 1.77 bits per heavy atom. The van der Waals surface area contributed by atoms with E-state index in [0.717, 1.165) is 38.1 Å². The fourth-order valence-electron chi connectivity index (χ4n) is 3.32. The van der Waals surface area contributed by atoms with Crippen LogP contribution in [-0.2, 0) is 0 Å². The Hall–Kier alpha value is -1.02. The Morgan fingerprint density at radius 1 is 1.04 bits per heavy atom. The van der Waals surface area contributed by atoms with Crippen molar-refractivity contribution in [2.75, 3.05) is 57.8 Å². The summed E-state index contributed by atoms with van der Waals surface area (Å²) in [5, 5.41) is 6.85. The third-order valence-corrected chi connectivity index (χ3v) is 5.17. The summed E-state index contributed by atoms with van der Waals surface area (Å²) in [4.78, 5) is 9.38. The summed E-state index contributed by atoms with van der Waals surface area (Å²) in [6.07, 6.45) is 5.20. The topological polar surface area (TPSA) is 42.9 Å². The van der Waals surface area contributed by atoms with Crippen molar-refractivity contribution >= 4 is 35.6 Å². The quantitative estimate of drug-likeness (QED) is 0.265. The van der Waals surface area contributed by atoms with Gasteiger partial charge in [0.05, 0.1) is 0 Å². The fourth-order valence-corrected chi connectivity index (χ4v) is 3.32. The lowest BCUT2D eigenvalue weighted by Gasteiger charge is -2.36. The number of rotatable bonds is 8. The second-order valence-electron chi connectivity index (χ2n) is 7.19. The van der Waals surface area contributed by atoms with E-state index < -0.39 is 0 Å². The van der Waals surface area contributed by atoms with Crippen LogP contribution in [0.4, 0.5) is 5.69 Å². The van der Waals surface area contributed by atoms with Gasteiger partial charge in [0.2, 0.25) is 0 Å². The first-order valence-corrected chi connectivity index (χ1v) is 9.82. The first kappa shape index (κ1) is 21.3. The highest BCUT2D eigenvalue weighted by molar-refractivity contribution is 14.0. The van der Waals surface area contributed by atoms with Gasteiger partial charge in [0.25, 0.3) is 0 Å². The lowest BCUT2D eigenvalue weighted by molar-refractivity contribution is 0.253. The van der Waals surface area contributed by atoms with Gasteiger partial charge in [0.1, 0.15) is 0 Å². The molecule has 0 bridgehead atoms. The second kappa shape index (κ2) is 11.6. The van der Waals surface area contributed by atoms with Gasteiger partial charge in [-0.15, -0.1) is 24.0 Å². The Morgan fingerprint density at radius 3 is 2.42 bits per heavy atom. The largest absolute Gasteiger partial charge is 0.369 e. The molecule has 0 atom stereocenters. The Bertz CT molecular complexity index is 524. The molecule has 0 spiro atoms. The third kappa shape index (κ3) is 7.31. The van der Waals surface area contributed by atoms with Crippen molar-refractivity contribution in [3.05, 3.63) is 30.3 Å². The molecule has 1 heterocycles. The number of benzene rings is 1. The minimum atomic E-state index is 0. The van der Waals surface area contributed by atoms with Crippen LogP contribution in [0.1, 0.15) is 25.7 Å². The summed E-state index contributed by atoms with van der Waals surface area (Å²) in [6, 6.07) is 10.8. The molecular formula is C20H34IN5. The number of unbranched alkanes of at least 4 members (excludes halogenated alkanes) is 1. The van der Waals surface area contributed by atoms with E-state index in [1.807, 2.05) is 7.05 Å². The number of guanidine groups is 1. The molecule has 6 heteroatoms. The summed E-state index contributed by atoms with van der Waals surface area (Å²) in [7, 11) is 1.86. The first-order valence-electron chi connectivity index (χ1n) is 9.82. The third-order valence-electron chi connectivity index (χ3n) is 5.17. The molecule has 5 nitrogen and oxygen atoms in total. The normalized spacial score (nSPS) is 18.3. The number of para-hydroxylation sites is 1. The molecule has 146 valence electrons. The number of nitrogens with zero attached hydrogens (tertiary/aromatic N) is 3. The monoisotopic (exact) mass is 471 g/mol. The molecule has 0 amide bonds. The van der Waals surface area contributed by atoms with Crippen LogP contribution in [0.25, 0.3) is 0 Å². The van der Waals surface area contributed by atoms with Crippen LogP contribution in [0.5, 0.6) is 0 Å². The van der Waals surface area contributed by atoms with Crippen LogP contribution in [0, 0.1) is 5.92 Å². The molecule has 1 aromatic carbocycles. The smallest absolute Gasteiger partial charge is 0.190 e. The van der Waals surface area contributed by atoms with Crippen molar-refractivity contribution in [3.63, 3.8) is 0 Å². The number of anilines is 1. The van der Waals surface area contributed by atoms with Crippen molar-refractivity contribution in [2.24, 2.45) is 10.9 Å². The summed E-state index contributed by atoms with van der Waals surface area (Å²) in [5.74, 6) is 1.84. The molecule has 2 fully saturated rings. The van der Waals surface area contributed by atoms with Gasteiger partial charge in [0.15, 0.2) is 5.96 Å². The van der Waals surface area contributed by atoms with Gasteiger partial charge in [-0.05, 0) is 50.3 Å². The van der Waals surface area contributed by atoms with Crippen LogP contribution in [0.2, 0.25) is 0 Å². The van der Waals surface area contributed by atoms with Gasteiger partial charge in [0, 0.05) is 52.0 Å². The van der Waals surface area contributed by atoms with Crippen LogP contribution < -0.4 is 15.5 Å². The predicted octanol–water partition coefficient (Wildman–Crippen LogP) is 2.78. The van der Waals surface area contributed by atoms with E-state index in [0.29, 0.717) is 0 Å². The first-order chi connectivity index (χ1) is 12.3. The predicted molar refractivity (Wildman–Crippen MR) is 122 cm³/mol. The Labute approximate surface area is 175 Å². The number of aliphatic imine (C=N–C) groups is 1. The van der Waals surface area contributed by atoms with Crippen LogP contribution >= 0.6 is 24.0 Å². The molecular weight excluding hydrogens is 437 g/mol. The van der Waals surface area contributed by atoms with E-state index in [4.69, 9.17) is 0 Å². The SMILES string of the molecule is CN=C(NCCCCN1CCN(c2ccccc2)CC1)NCC1CC1.I. The van der Waals surface area contributed by atoms with Gasteiger partial charge >= 0.3 is 0 Å². The van der Waals surface area contributed by atoms with Gasteiger partial charge in [-0.1, -0.05) is 18.2 Å². The Balaban J connectivity index is 0.00000243. The average Bonchev–Trinajstić information content (AvgIpc) is 3.49. The highest BCUT2D eigenvalue weighted by atomic mass is 127. The van der Waals surface area contributed by atoms with E-state index in [1.165, 1.54) is 51.0 Å². The molecule has 1 aliphatic heterocycles. The van der Waals surface area contributed by atoms with E-state index in [9.17, 15) is 0 Å². The molecule has 3 rings (SSSR count). The zero-order chi connectivity index (χ0) is 17.3. The molecule has 0 radical (unpaired) electrons. The van der Waals surface area contributed by atoms with Crippen molar-refractivity contribution in [2.45, 2.75) is 25.7 Å². The van der Waals surface area contributed by atoms with Gasteiger partial charge in [-0.2, -0.15) is 0 Å². The molecule has 26 heavy (non-hydrogen) atoms. The molecule has 0 aromatic heterocycles. The van der Waals surface area contributed by atoms with Crippen molar-refractivity contribution in [1.29, 1.82) is 0 Å². The number of hydrogen-bond donors (Lipinski definition) is 2. The van der Waals surface area contributed by atoms with Crippen LogP contribution in [0.3, 0.4) is 0 Å². The van der Waals surface area contributed by atoms with Gasteiger partial charge < -0.3 is 15.5 Å². The number of hydrogen-bond acceptors (Lipinski definition) is 3. The lowest BCUT2D eigenvalue weighted by Crippen LogP contribution is -2.46. The van der Waals surface area contributed by atoms with Crippen molar-refractivity contribution in [1.82, 2.24) is 15.5 Å². The van der Waals surface area contributed by atoms with Crippen molar-refractivity contribution in [3.8, 4) is 0 Å². The second-order valence-corrected chi connectivity index (χ2v) is 7.19. The summed E-state index contributed by atoms with van der Waals surface area (Å²) in [5.41, 5.74) is 1.36. The molecule has 0 unspecified atom stereocenters. The lowest BCUT2D eigenvalue weighted by atomic mass is 10.2. The molecule has 1 saturated heterocycles. The van der Waals surface area contributed by atoms with Crippen LogP contribution in [-0.4, -0.2) is 63.7 Å². The summed E-state index contributed by atoms with van der Waals surface area (Å²) >= 11 is 0. The standard InChI is InChI=1S/C20H33N5.HI/c1-21-20(23-17-18-9-10-18)22-11-5-6-12-24-13-15-25(16-14-24)19-7-3-2-4-8-19;/h2-4,7-8,18H,5-6,9-17H2,1H3,(H2,21,22,23);1H. The zero-order valence-corrected chi connectivity index (χ0v) is 18.3. The van der Waals surface area contributed by atoms with Gasteiger partial charge in [-0.25, -0.2) is 0 Å². The fraction of sp³-hybridized carbons (Fsp3) is 0.650. The Kier molecular flexibility index (Phi) is 9.53. The van der Waals surface area contributed by atoms with Crippen LogP contribution in [0.15, 0.2) is 35.3 Å². The van der Waals surface area contributed by atoms with E-state index >= 15 is 0 Å². The highest BCUT2D eigenvalue weighted by Crippen LogP contribution is 2.27. The van der Waals surface area contributed by atoms with Crippen molar-refractivity contribution < 1.29 is 0 Å². The number of nitrogens with one attached hydrogen (secondary N) is 2. The molecule has 1 aliphatic carbocycles. The minimum Gasteiger partial charge on any atom is -0.369 e. The summed E-state index contributed by atoms with van der Waals surface area (Å²) < 4.78 is 0. The average molecular weight is 471 g/mol. The van der Waals surface area contributed by atoms with E-state index in [-0.39, 0.29) is 24.0 Å². The maximum atomic E-state index is 4.29. The summed E-state index contributed by atoms with van der Waals surface area (Å²) in [6.45, 7) is 7.91. The zero-order valence-electron chi connectivity index (χ0n) is 16.0. The molecule has 1 saturated carbocycles. The molecule has 1 aromatic rings.